The molecule has 0 spiro atoms. The Morgan fingerprint density at radius 2 is 1.83 bits per heavy atom. The highest BCUT2D eigenvalue weighted by Crippen LogP contribution is 2.29. The van der Waals surface area contributed by atoms with E-state index in [0.717, 1.165) is 6.42 Å². The van der Waals surface area contributed by atoms with Gasteiger partial charge in [-0.25, -0.2) is 4.79 Å². The molecule has 4 nitrogen and oxygen atoms in total. The molecule has 0 heterocycles. The number of amides is 1. The quantitative estimate of drug-likeness (QED) is 0.725. The smallest absolute Gasteiger partial charge is 0.407 e. The van der Waals surface area contributed by atoms with Crippen LogP contribution < -0.4 is 10.6 Å². The Hall–Kier alpha value is -0.770. The van der Waals surface area contributed by atoms with Gasteiger partial charge >= 0.3 is 6.09 Å². The summed E-state index contributed by atoms with van der Waals surface area (Å²) in [6, 6.07) is 0.890. The van der Waals surface area contributed by atoms with Crippen molar-refractivity contribution in [2.24, 2.45) is 11.8 Å². The molecule has 0 radical (unpaired) electrons. The highest BCUT2D eigenvalue weighted by Gasteiger charge is 2.29. The first-order chi connectivity index (χ1) is 10.7. The number of unbranched alkanes of at least 4 members (excludes halogenated alkanes) is 1. The fraction of sp³-hybridized carbons (Fsp3) is 0.947. The Balaban J connectivity index is 2.52. The van der Waals surface area contributed by atoms with Gasteiger partial charge in [-0.15, -0.1) is 0 Å². The lowest BCUT2D eigenvalue weighted by molar-refractivity contribution is 0.0518. The van der Waals surface area contributed by atoms with Crippen molar-refractivity contribution in [3.05, 3.63) is 0 Å². The third kappa shape index (κ3) is 8.05. The van der Waals surface area contributed by atoms with Gasteiger partial charge in [0.25, 0.3) is 0 Å². The van der Waals surface area contributed by atoms with Crippen LogP contribution in [-0.4, -0.2) is 30.3 Å². The second kappa shape index (κ2) is 9.51. The maximum absolute atomic E-state index is 11.9. The fourth-order valence-corrected chi connectivity index (χ4v) is 3.50. The molecule has 1 rings (SSSR count). The average molecular weight is 327 g/mol. The zero-order valence-corrected chi connectivity index (χ0v) is 16.1. The molecule has 0 saturated heterocycles. The molecule has 0 aliphatic heterocycles. The molecule has 2 N–H and O–H groups in total. The Bertz CT molecular complexity index is 342. The van der Waals surface area contributed by atoms with Crippen LogP contribution in [-0.2, 0) is 4.74 Å². The normalized spacial score (nSPS) is 26.6. The predicted octanol–water partition coefficient (Wildman–Crippen LogP) is 4.48. The first kappa shape index (κ1) is 20.3. The molecular weight excluding hydrogens is 288 g/mol. The molecule has 4 heteroatoms. The summed E-state index contributed by atoms with van der Waals surface area (Å²) < 4.78 is 5.35. The van der Waals surface area contributed by atoms with Crippen LogP contribution in [0.15, 0.2) is 0 Å². The van der Waals surface area contributed by atoms with Crippen LogP contribution in [0.5, 0.6) is 0 Å². The van der Waals surface area contributed by atoms with Crippen molar-refractivity contribution < 1.29 is 9.53 Å². The lowest BCUT2D eigenvalue weighted by Gasteiger charge is -2.38. The van der Waals surface area contributed by atoms with Gasteiger partial charge in [0.05, 0.1) is 0 Å². The van der Waals surface area contributed by atoms with Crippen LogP contribution >= 0.6 is 0 Å². The molecule has 1 saturated carbocycles. The number of ether oxygens (including phenoxy) is 1. The van der Waals surface area contributed by atoms with E-state index in [-0.39, 0.29) is 6.09 Å². The largest absolute Gasteiger partial charge is 0.444 e. The lowest BCUT2D eigenvalue weighted by Crippen LogP contribution is -2.51. The number of rotatable bonds is 7. The van der Waals surface area contributed by atoms with Gasteiger partial charge in [0.15, 0.2) is 0 Å². The molecule has 3 unspecified atom stereocenters. The van der Waals surface area contributed by atoms with Gasteiger partial charge in [-0.3, -0.25) is 0 Å². The molecular formula is C19H38N2O2. The van der Waals surface area contributed by atoms with Crippen LogP contribution in [0.2, 0.25) is 0 Å². The second-order valence-electron chi connectivity index (χ2n) is 8.30. The van der Waals surface area contributed by atoms with Crippen molar-refractivity contribution in [1.29, 1.82) is 0 Å². The van der Waals surface area contributed by atoms with Crippen LogP contribution in [0.25, 0.3) is 0 Å². The van der Waals surface area contributed by atoms with Gasteiger partial charge in [0.2, 0.25) is 0 Å². The van der Waals surface area contributed by atoms with Gasteiger partial charge in [-0.2, -0.15) is 0 Å². The molecule has 0 aromatic rings. The highest BCUT2D eigenvalue weighted by molar-refractivity contribution is 5.67. The zero-order valence-electron chi connectivity index (χ0n) is 16.1. The van der Waals surface area contributed by atoms with Crippen LogP contribution in [0.3, 0.4) is 0 Å². The SMILES string of the molecule is CCCCC(CNC(=O)OC(C)(C)C)NC1C(C)CCCC1C. The predicted molar refractivity (Wildman–Crippen MR) is 96.7 cm³/mol. The van der Waals surface area contributed by atoms with E-state index in [9.17, 15) is 4.79 Å². The standard InChI is InChI=1S/C19H38N2O2/c1-7-8-12-16(13-20-18(22)23-19(4,5)6)21-17-14(2)10-9-11-15(17)3/h14-17,21H,7-13H2,1-6H3,(H,20,22). The Labute approximate surface area is 143 Å². The van der Waals surface area contributed by atoms with Crippen molar-refractivity contribution in [3.63, 3.8) is 0 Å². The molecule has 0 aromatic carbocycles. The van der Waals surface area contributed by atoms with E-state index >= 15 is 0 Å². The summed E-state index contributed by atoms with van der Waals surface area (Å²) in [4.78, 5) is 11.9. The maximum atomic E-state index is 11.9. The number of alkyl carbamates (subject to hydrolysis) is 1. The lowest BCUT2D eigenvalue weighted by atomic mass is 9.78. The minimum atomic E-state index is -0.442. The Morgan fingerprint density at radius 1 is 1.22 bits per heavy atom. The third-order valence-corrected chi connectivity index (χ3v) is 4.77. The van der Waals surface area contributed by atoms with Crippen LogP contribution in [0.1, 0.15) is 80.1 Å². The second-order valence-corrected chi connectivity index (χ2v) is 8.30. The number of hydrogen-bond acceptors (Lipinski definition) is 3. The van der Waals surface area contributed by atoms with Crippen molar-refractivity contribution in [2.75, 3.05) is 6.54 Å². The number of carbonyl (C=O) groups is 1. The van der Waals surface area contributed by atoms with Crippen molar-refractivity contribution in [2.45, 2.75) is 97.8 Å². The minimum Gasteiger partial charge on any atom is -0.444 e. The van der Waals surface area contributed by atoms with E-state index in [1.807, 2.05) is 20.8 Å². The number of carbonyl (C=O) groups excluding carboxylic acids is 1. The fourth-order valence-electron chi connectivity index (χ4n) is 3.50. The van der Waals surface area contributed by atoms with Crippen molar-refractivity contribution in [1.82, 2.24) is 10.6 Å². The monoisotopic (exact) mass is 326 g/mol. The van der Waals surface area contributed by atoms with Gasteiger partial charge < -0.3 is 15.4 Å². The summed E-state index contributed by atoms with van der Waals surface area (Å²) in [6.45, 7) is 13.2. The van der Waals surface area contributed by atoms with E-state index in [0.29, 0.717) is 30.5 Å². The molecule has 1 amide bonds. The van der Waals surface area contributed by atoms with E-state index in [1.54, 1.807) is 0 Å². The molecule has 136 valence electrons. The van der Waals surface area contributed by atoms with Crippen LogP contribution in [0.4, 0.5) is 4.79 Å². The molecule has 0 aromatic heterocycles. The van der Waals surface area contributed by atoms with Crippen molar-refractivity contribution >= 4 is 6.09 Å². The maximum Gasteiger partial charge on any atom is 0.407 e. The van der Waals surface area contributed by atoms with E-state index in [1.165, 1.54) is 32.1 Å². The first-order valence-corrected chi connectivity index (χ1v) is 9.45. The first-order valence-electron chi connectivity index (χ1n) is 9.45. The molecule has 1 aliphatic rings. The van der Waals surface area contributed by atoms with Gasteiger partial charge in [-0.05, 0) is 51.9 Å². The van der Waals surface area contributed by atoms with Gasteiger partial charge in [-0.1, -0.05) is 40.0 Å². The summed E-state index contributed by atoms with van der Waals surface area (Å²) in [5, 5.41) is 6.78. The molecule has 0 bridgehead atoms. The number of hydrogen-bond donors (Lipinski definition) is 2. The number of nitrogens with one attached hydrogen (secondary N) is 2. The van der Waals surface area contributed by atoms with Crippen LogP contribution in [0, 0.1) is 11.8 Å². The average Bonchev–Trinajstić information content (AvgIpc) is 2.43. The zero-order chi connectivity index (χ0) is 17.5. The molecule has 3 atom stereocenters. The summed E-state index contributed by atoms with van der Waals surface area (Å²) in [6.07, 6.45) is 7.11. The molecule has 23 heavy (non-hydrogen) atoms. The molecule has 1 fully saturated rings. The summed E-state index contributed by atoms with van der Waals surface area (Å²) in [5.41, 5.74) is -0.442. The molecule has 1 aliphatic carbocycles. The Morgan fingerprint density at radius 3 is 2.35 bits per heavy atom. The highest BCUT2D eigenvalue weighted by atomic mass is 16.6. The topological polar surface area (TPSA) is 50.4 Å². The summed E-state index contributed by atoms with van der Waals surface area (Å²) in [7, 11) is 0. The summed E-state index contributed by atoms with van der Waals surface area (Å²) >= 11 is 0. The van der Waals surface area contributed by atoms with E-state index < -0.39 is 5.60 Å². The minimum absolute atomic E-state index is 0.314. The van der Waals surface area contributed by atoms with Crippen molar-refractivity contribution in [3.8, 4) is 0 Å². The van der Waals surface area contributed by atoms with Gasteiger partial charge in [0.1, 0.15) is 5.60 Å². The van der Waals surface area contributed by atoms with E-state index in [4.69, 9.17) is 4.74 Å². The van der Waals surface area contributed by atoms with Gasteiger partial charge in [0, 0.05) is 18.6 Å². The summed E-state index contributed by atoms with van der Waals surface area (Å²) in [5.74, 6) is 1.42. The Kier molecular flexibility index (Phi) is 8.38. The van der Waals surface area contributed by atoms with E-state index in [2.05, 4.69) is 31.4 Å². The third-order valence-electron chi connectivity index (χ3n) is 4.77.